The highest BCUT2D eigenvalue weighted by atomic mass is 35.5. The number of aromatic nitrogens is 1. The number of rotatable bonds is 7. The zero-order valence-electron chi connectivity index (χ0n) is 16.0. The van der Waals surface area contributed by atoms with Crippen LogP contribution in [-0.2, 0) is 17.4 Å². The third-order valence-electron chi connectivity index (χ3n) is 4.83. The van der Waals surface area contributed by atoms with Crippen molar-refractivity contribution in [1.82, 2.24) is 5.16 Å². The Morgan fingerprint density at radius 2 is 1.79 bits per heavy atom. The van der Waals surface area contributed by atoms with Crippen LogP contribution in [0.15, 0.2) is 53.3 Å². The molecule has 0 radical (unpaired) electrons. The highest BCUT2D eigenvalue weighted by Crippen LogP contribution is 2.37. The fraction of sp³-hybridized carbons (Fsp3) is 0.286. The molecule has 3 aromatic rings. The van der Waals surface area contributed by atoms with Gasteiger partial charge in [-0.25, -0.2) is 13.0 Å². The molecule has 0 aliphatic heterocycles. The molecule has 2 atom stereocenters. The molecule has 0 saturated carbocycles. The molecule has 2 aromatic carbocycles. The van der Waals surface area contributed by atoms with Crippen LogP contribution in [-0.4, -0.2) is 14.1 Å². The normalized spacial score (nSPS) is 14.0. The van der Waals surface area contributed by atoms with E-state index in [0.29, 0.717) is 22.7 Å². The number of nitrogens with zero attached hydrogens (tertiary/aromatic N) is 1. The standard InChI is InChI=1S/C21H21ClF2N2O2S/c1-21(2,29(25)27)11-15(7-13-8-17(23)10-18(24)9-13)20-19(12-28-26-20)14-3-5-16(22)6-4-14/h3-6,8-10,12,15H,7,11,25H2,1-2H3/t15-,29?/m0/s1. The van der Waals surface area contributed by atoms with Gasteiger partial charge in [-0.05, 0) is 62.1 Å². The first-order valence-corrected chi connectivity index (χ1v) is 10.6. The predicted molar refractivity (Wildman–Crippen MR) is 111 cm³/mol. The first-order chi connectivity index (χ1) is 13.7. The van der Waals surface area contributed by atoms with Crippen molar-refractivity contribution < 1.29 is 17.5 Å². The molecule has 2 N–H and O–H groups in total. The van der Waals surface area contributed by atoms with E-state index in [2.05, 4.69) is 5.16 Å². The van der Waals surface area contributed by atoms with Crippen LogP contribution in [0.2, 0.25) is 5.02 Å². The van der Waals surface area contributed by atoms with Gasteiger partial charge in [-0.3, -0.25) is 5.14 Å². The Bertz CT molecular complexity index is 1000. The molecule has 1 aromatic heterocycles. The Labute approximate surface area is 175 Å². The van der Waals surface area contributed by atoms with E-state index in [4.69, 9.17) is 21.3 Å². The van der Waals surface area contributed by atoms with Crippen LogP contribution in [0.4, 0.5) is 8.78 Å². The molecule has 1 unspecified atom stereocenters. The Kier molecular flexibility index (Phi) is 6.51. The van der Waals surface area contributed by atoms with Gasteiger partial charge in [0.25, 0.3) is 0 Å². The van der Waals surface area contributed by atoms with Crippen LogP contribution in [0, 0.1) is 11.6 Å². The van der Waals surface area contributed by atoms with Gasteiger partial charge in [0, 0.05) is 22.6 Å². The first-order valence-electron chi connectivity index (χ1n) is 8.97. The average Bonchev–Trinajstić information content (AvgIpc) is 3.10. The minimum absolute atomic E-state index is 0.280. The molecule has 0 aliphatic carbocycles. The van der Waals surface area contributed by atoms with Crippen LogP contribution in [0.5, 0.6) is 0 Å². The fourth-order valence-corrected chi connectivity index (χ4v) is 3.83. The quantitative estimate of drug-likeness (QED) is 0.537. The minimum Gasteiger partial charge on any atom is -0.364 e. The topological polar surface area (TPSA) is 69.1 Å². The van der Waals surface area contributed by atoms with Crippen molar-refractivity contribution in [3.8, 4) is 11.1 Å². The van der Waals surface area contributed by atoms with Crippen LogP contribution < -0.4 is 5.14 Å². The Balaban J connectivity index is 2.03. The van der Waals surface area contributed by atoms with Gasteiger partial charge in [0.05, 0.1) is 21.4 Å². The molecule has 0 amide bonds. The van der Waals surface area contributed by atoms with Crippen LogP contribution in [0.1, 0.15) is 37.4 Å². The van der Waals surface area contributed by atoms with Crippen molar-refractivity contribution in [2.75, 3.05) is 0 Å². The minimum atomic E-state index is -1.60. The third-order valence-corrected chi connectivity index (χ3v) is 6.33. The molecule has 154 valence electrons. The molecule has 0 spiro atoms. The lowest BCUT2D eigenvalue weighted by atomic mass is 9.85. The van der Waals surface area contributed by atoms with E-state index >= 15 is 0 Å². The van der Waals surface area contributed by atoms with E-state index < -0.39 is 27.4 Å². The summed E-state index contributed by atoms with van der Waals surface area (Å²) in [6, 6.07) is 10.6. The van der Waals surface area contributed by atoms with Crippen molar-refractivity contribution in [1.29, 1.82) is 0 Å². The summed E-state index contributed by atoms with van der Waals surface area (Å²) in [5.41, 5.74) is 2.65. The highest BCUT2D eigenvalue weighted by molar-refractivity contribution is 7.84. The van der Waals surface area contributed by atoms with E-state index in [1.807, 2.05) is 12.1 Å². The van der Waals surface area contributed by atoms with E-state index in [1.165, 1.54) is 18.4 Å². The summed E-state index contributed by atoms with van der Waals surface area (Å²) in [5.74, 6) is -1.64. The van der Waals surface area contributed by atoms with Crippen molar-refractivity contribution in [3.05, 3.63) is 76.6 Å². The van der Waals surface area contributed by atoms with Gasteiger partial charge in [0.2, 0.25) is 0 Å². The second kappa shape index (κ2) is 8.73. The van der Waals surface area contributed by atoms with Gasteiger partial charge < -0.3 is 4.52 Å². The predicted octanol–water partition coefficient (Wildman–Crippen LogP) is 5.39. The van der Waals surface area contributed by atoms with Crippen molar-refractivity contribution in [2.45, 2.75) is 37.4 Å². The van der Waals surface area contributed by atoms with Gasteiger partial charge in [-0.2, -0.15) is 0 Å². The molecule has 0 saturated heterocycles. The zero-order chi connectivity index (χ0) is 21.2. The lowest BCUT2D eigenvalue weighted by molar-refractivity contribution is 0.396. The summed E-state index contributed by atoms with van der Waals surface area (Å²) < 4.78 is 44.0. The second-order valence-electron chi connectivity index (χ2n) is 7.56. The number of halogens is 3. The molecule has 1 heterocycles. The van der Waals surface area contributed by atoms with E-state index in [1.54, 1.807) is 26.0 Å². The zero-order valence-corrected chi connectivity index (χ0v) is 17.6. The molecule has 4 nitrogen and oxygen atoms in total. The molecule has 0 fully saturated rings. The van der Waals surface area contributed by atoms with E-state index in [9.17, 15) is 13.0 Å². The molecular weight excluding hydrogens is 418 g/mol. The lowest BCUT2D eigenvalue weighted by Gasteiger charge is -2.27. The summed E-state index contributed by atoms with van der Waals surface area (Å²) in [6.07, 6.45) is 2.17. The monoisotopic (exact) mass is 438 g/mol. The lowest BCUT2D eigenvalue weighted by Crippen LogP contribution is -2.34. The van der Waals surface area contributed by atoms with E-state index in [0.717, 1.165) is 17.2 Å². The molecule has 0 bridgehead atoms. The molecular formula is C21H21ClF2N2O2S. The number of hydrogen-bond donors (Lipinski definition) is 1. The summed E-state index contributed by atoms with van der Waals surface area (Å²) in [5, 5.41) is 10.4. The SMILES string of the molecule is CC(C)(C[C@H](Cc1cc(F)cc(F)c1)c1nocc1-c1ccc(Cl)cc1)S(N)=O. The Hall–Kier alpha value is -2.09. The van der Waals surface area contributed by atoms with E-state index in [-0.39, 0.29) is 12.3 Å². The summed E-state index contributed by atoms with van der Waals surface area (Å²) in [7, 11) is -1.60. The molecule has 8 heteroatoms. The van der Waals surface area contributed by atoms with Gasteiger partial charge in [0.15, 0.2) is 0 Å². The number of hydrogen-bond acceptors (Lipinski definition) is 3. The van der Waals surface area contributed by atoms with Crippen LogP contribution >= 0.6 is 11.6 Å². The maximum absolute atomic E-state index is 13.7. The second-order valence-corrected chi connectivity index (χ2v) is 9.70. The highest BCUT2D eigenvalue weighted by Gasteiger charge is 2.32. The maximum atomic E-state index is 13.7. The molecule has 29 heavy (non-hydrogen) atoms. The molecule has 0 aliphatic rings. The third kappa shape index (κ3) is 5.29. The smallest absolute Gasteiger partial charge is 0.131 e. The summed E-state index contributed by atoms with van der Waals surface area (Å²) in [6.45, 7) is 3.56. The van der Waals surface area contributed by atoms with Gasteiger partial charge in [-0.1, -0.05) is 28.9 Å². The first kappa shape index (κ1) is 21.6. The largest absolute Gasteiger partial charge is 0.364 e. The average molecular weight is 439 g/mol. The summed E-state index contributed by atoms with van der Waals surface area (Å²) in [4.78, 5) is 0. The van der Waals surface area contributed by atoms with Gasteiger partial charge in [0.1, 0.15) is 17.9 Å². The van der Waals surface area contributed by atoms with Gasteiger partial charge in [-0.15, -0.1) is 0 Å². The van der Waals surface area contributed by atoms with Crippen LogP contribution in [0.3, 0.4) is 0 Å². The van der Waals surface area contributed by atoms with Crippen molar-refractivity contribution >= 4 is 22.6 Å². The molecule has 3 rings (SSSR count). The Morgan fingerprint density at radius 1 is 1.17 bits per heavy atom. The number of benzene rings is 2. The van der Waals surface area contributed by atoms with Gasteiger partial charge >= 0.3 is 0 Å². The fourth-order valence-electron chi connectivity index (χ4n) is 3.34. The summed E-state index contributed by atoms with van der Waals surface area (Å²) >= 11 is 5.98. The van der Waals surface area contributed by atoms with Crippen molar-refractivity contribution in [2.24, 2.45) is 5.14 Å². The van der Waals surface area contributed by atoms with Crippen molar-refractivity contribution in [3.63, 3.8) is 0 Å². The number of nitrogens with two attached hydrogens (primary N) is 1. The maximum Gasteiger partial charge on any atom is 0.131 e. The Morgan fingerprint density at radius 3 is 2.38 bits per heavy atom. The van der Waals surface area contributed by atoms with Crippen LogP contribution in [0.25, 0.3) is 11.1 Å².